The Kier molecular flexibility index (Phi) is 3.52. The molecule has 1 aromatic heterocycles. The van der Waals surface area contributed by atoms with Gasteiger partial charge in [-0.25, -0.2) is 4.79 Å². The number of carboxylic acid groups (broad SMARTS) is 1. The number of benzene rings is 1. The molecule has 0 amide bonds. The number of aromatic carboxylic acids is 1. The molecule has 0 radical (unpaired) electrons. The molecule has 94 valence electrons. The van der Waals surface area contributed by atoms with Crippen LogP contribution in [0.3, 0.4) is 0 Å². The predicted molar refractivity (Wildman–Crippen MR) is 70.7 cm³/mol. The molecular formula is C13H12BrNO3. The van der Waals surface area contributed by atoms with Crippen molar-refractivity contribution in [3.05, 3.63) is 40.1 Å². The van der Waals surface area contributed by atoms with Gasteiger partial charge in [-0.1, -0.05) is 47.1 Å². The number of hydrogen-bond acceptors (Lipinski definition) is 3. The van der Waals surface area contributed by atoms with E-state index in [1.54, 1.807) is 12.1 Å². The van der Waals surface area contributed by atoms with Gasteiger partial charge >= 0.3 is 5.97 Å². The van der Waals surface area contributed by atoms with E-state index >= 15 is 0 Å². The predicted octanol–water partition coefficient (Wildman–Crippen LogP) is 3.93. The van der Waals surface area contributed by atoms with E-state index in [4.69, 9.17) is 4.52 Å². The second-order valence-electron chi connectivity index (χ2n) is 4.24. The summed E-state index contributed by atoms with van der Waals surface area (Å²) in [6, 6.07) is 7.28. The van der Waals surface area contributed by atoms with Gasteiger partial charge in [-0.05, 0) is 12.1 Å². The zero-order valence-electron chi connectivity index (χ0n) is 9.98. The summed E-state index contributed by atoms with van der Waals surface area (Å²) < 4.78 is 6.09. The molecule has 0 unspecified atom stereocenters. The minimum atomic E-state index is -1.02. The number of carbonyl (C=O) groups is 1. The fourth-order valence-electron chi connectivity index (χ4n) is 1.71. The van der Waals surface area contributed by atoms with Crippen molar-refractivity contribution in [3.63, 3.8) is 0 Å². The molecule has 0 saturated heterocycles. The SMILES string of the molecule is CC(C)c1onc(-c2ccc(Br)cc2)c1C(=O)O. The molecule has 0 fully saturated rings. The van der Waals surface area contributed by atoms with Crippen molar-refractivity contribution in [2.45, 2.75) is 19.8 Å². The van der Waals surface area contributed by atoms with Crippen LogP contribution in [0.5, 0.6) is 0 Å². The summed E-state index contributed by atoms with van der Waals surface area (Å²) in [6.07, 6.45) is 0. The number of carboxylic acids is 1. The Labute approximate surface area is 113 Å². The molecule has 0 spiro atoms. The van der Waals surface area contributed by atoms with Gasteiger partial charge in [0.15, 0.2) is 5.76 Å². The number of nitrogens with zero attached hydrogens (tertiary/aromatic N) is 1. The van der Waals surface area contributed by atoms with Crippen molar-refractivity contribution in [2.75, 3.05) is 0 Å². The van der Waals surface area contributed by atoms with Gasteiger partial charge in [0.2, 0.25) is 0 Å². The summed E-state index contributed by atoms with van der Waals surface area (Å²) in [5.41, 5.74) is 1.25. The summed E-state index contributed by atoms with van der Waals surface area (Å²) in [5.74, 6) is -0.633. The van der Waals surface area contributed by atoms with E-state index in [1.807, 2.05) is 26.0 Å². The Bertz CT molecular complexity index is 572. The molecule has 2 aromatic rings. The third-order valence-electron chi connectivity index (χ3n) is 2.57. The van der Waals surface area contributed by atoms with Gasteiger partial charge in [-0.15, -0.1) is 0 Å². The van der Waals surface area contributed by atoms with Crippen LogP contribution in [0.2, 0.25) is 0 Å². The molecule has 1 aromatic carbocycles. The highest BCUT2D eigenvalue weighted by atomic mass is 79.9. The van der Waals surface area contributed by atoms with Gasteiger partial charge < -0.3 is 9.63 Å². The fourth-order valence-corrected chi connectivity index (χ4v) is 1.97. The average Bonchev–Trinajstić information content (AvgIpc) is 2.74. The van der Waals surface area contributed by atoms with Crippen LogP contribution in [-0.2, 0) is 0 Å². The molecule has 18 heavy (non-hydrogen) atoms. The van der Waals surface area contributed by atoms with Crippen LogP contribution in [0.4, 0.5) is 0 Å². The van der Waals surface area contributed by atoms with Crippen molar-refractivity contribution >= 4 is 21.9 Å². The molecule has 5 heteroatoms. The molecule has 1 heterocycles. The minimum absolute atomic E-state index is 0.0206. The smallest absolute Gasteiger partial charge is 0.341 e. The maximum atomic E-state index is 11.3. The lowest BCUT2D eigenvalue weighted by atomic mass is 10.0. The first-order valence-electron chi connectivity index (χ1n) is 5.49. The van der Waals surface area contributed by atoms with E-state index in [2.05, 4.69) is 21.1 Å². The highest BCUT2D eigenvalue weighted by Crippen LogP contribution is 2.30. The molecule has 0 aliphatic carbocycles. The maximum Gasteiger partial charge on any atom is 0.341 e. The first kappa shape index (κ1) is 12.8. The van der Waals surface area contributed by atoms with Crippen LogP contribution in [0.1, 0.15) is 35.9 Å². The summed E-state index contributed by atoms with van der Waals surface area (Å²) in [7, 11) is 0. The Hall–Kier alpha value is -1.62. The second kappa shape index (κ2) is 4.94. The summed E-state index contributed by atoms with van der Waals surface area (Å²) >= 11 is 3.33. The normalized spacial score (nSPS) is 10.9. The maximum absolute atomic E-state index is 11.3. The lowest BCUT2D eigenvalue weighted by Gasteiger charge is -2.02. The summed E-state index contributed by atoms with van der Waals surface area (Å²) in [5, 5.41) is 13.2. The molecule has 0 aliphatic rings. The van der Waals surface area contributed by atoms with Crippen molar-refractivity contribution in [2.24, 2.45) is 0 Å². The van der Waals surface area contributed by atoms with Gasteiger partial charge in [0.1, 0.15) is 11.3 Å². The molecule has 2 rings (SSSR count). The quantitative estimate of drug-likeness (QED) is 0.933. The molecule has 0 saturated carbocycles. The van der Waals surface area contributed by atoms with Crippen molar-refractivity contribution < 1.29 is 14.4 Å². The molecule has 0 bridgehead atoms. The van der Waals surface area contributed by atoms with Gasteiger partial charge in [0.25, 0.3) is 0 Å². The number of rotatable bonds is 3. The van der Waals surface area contributed by atoms with E-state index in [-0.39, 0.29) is 11.5 Å². The summed E-state index contributed by atoms with van der Waals surface area (Å²) in [4.78, 5) is 11.3. The Morgan fingerprint density at radius 1 is 1.33 bits per heavy atom. The van der Waals surface area contributed by atoms with Crippen LogP contribution < -0.4 is 0 Å². The number of halogens is 1. The molecular weight excluding hydrogens is 298 g/mol. The monoisotopic (exact) mass is 309 g/mol. The number of aromatic nitrogens is 1. The molecule has 1 N–H and O–H groups in total. The third kappa shape index (κ3) is 2.31. The zero-order chi connectivity index (χ0) is 13.3. The van der Waals surface area contributed by atoms with Crippen LogP contribution in [-0.4, -0.2) is 16.2 Å². The highest BCUT2D eigenvalue weighted by molar-refractivity contribution is 9.10. The van der Waals surface area contributed by atoms with Crippen LogP contribution >= 0.6 is 15.9 Å². The van der Waals surface area contributed by atoms with Gasteiger partial charge in [-0.2, -0.15) is 0 Å². The van der Waals surface area contributed by atoms with Gasteiger partial charge in [0, 0.05) is 16.0 Å². The second-order valence-corrected chi connectivity index (χ2v) is 5.15. The third-order valence-corrected chi connectivity index (χ3v) is 3.10. The number of hydrogen-bond donors (Lipinski definition) is 1. The van der Waals surface area contributed by atoms with E-state index in [9.17, 15) is 9.90 Å². The van der Waals surface area contributed by atoms with E-state index in [0.29, 0.717) is 11.5 Å². The fraction of sp³-hybridized carbons (Fsp3) is 0.231. The van der Waals surface area contributed by atoms with Gasteiger partial charge in [0.05, 0.1) is 0 Å². The van der Waals surface area contributed by atoms with Crippen molar-refractivity contribution in [3.8, 4) is 11.3 Å². The Morgan fingerprint density at radius 2 is 1.94 bits per heavy atom. The Morgan fingerprint density at radius 3 is 2.44 bits per heavy atom. The molecule has 0 aliphatic heterocycles. The average molecular weight is 310 g/mol. The van der Waals surface area contributed by atoms with Crippen molar-refractivity contribution in [1.82, 2.24) is 5.16 Å². The first-order valence-corrected chi connectivity index (χ1v) is 6.28. The standard InChI is InChI=1S/C13H12BrNO3/c1-7(2)12-10(13(16)17)11(15-18-12)8-3-5-9(14)6-4-8/h3-7H,1-2H3,(H,16,17). The van der Waals surface area contributed by atoms with E-state index < -0.39 is 5.97 Å². The van der Waals surface area contributed by atoms with Crippen molar-refractivity contribution in [1.29, 1.82) is 0 Å². The summed E-state index contributed by atoms with van der Waals surface area (Å²) in [6.45, 7) is 3.75. The van der Waals surface area contributed by atoms with Gasteiger partial charge in [-0.3, -0.25) is 0 Å². The Balaban J connectivity index is 2.58. The van der Waals surface area contributed by atoms with Crippen LogP contribution in [0.15, 0.2) is 33.3 Å². The molecule has 0 atom stereocenters. The molecule has 4 nitrogen and oxygen atoms in total. The van der Waals surface area contributed by atoms with E-state index in [1.165, 1.54) is 0 Å². The van der Waals surface area contributed by atoms with Crippen LogP contribution in [0, 0.1) is 0 Å². The first-order chi connectivity index (χ1) is 8.50. The van der Waals surface area contributed by atoms with Crippen LogP contribution in [0.25, 0.3) is 11.3 Å². The largest absolute Gasteiger partial charge is 0.477 e. The lowest BCUT2D eigenvalue weighted by molar-refractivity contribution is 0.0694. The minimum Gasteiger partial charge on any atom is -0.477 e. The topological polar surface area (TPSA) is 63.3 Å². The highest BCUT2D eigenvalue weighted by Gasteiger charge is 2.25. The zero-order valence-corrected chi connectivity index (χ0v) is 11.6. The lowest BCUT2D eigenvalue weighted by Crippen LogP contribution is -2.02. The van der Waals surface area contributed by atoms with E-state index in [0.717, 1.165) is 10.0 Å².